The van der Waals surface area contributed by atoms with Crippen molar-refractivity contribution < 1.29 is 4.52 Å². The summed E-state index contributed by atoms with van der Waals surface area (Å²) in [7, 11) is 0. The third-order valence-electron chi connectivity index (χ3n) is 3.08. The van der Waals surface area contributed by atoms with Crippen molar-refractivity contribution in [3.63, 3.8) is 0 Å². The zero-order valence-electron chi connectivity index (χ0n) is 11.1. The predicted octanol–water partition coefficient (Wildman–Crippen LogP) is 2.10. The number of nitrogens with zero attached hydrogens (tertiary/aromatic N) is 5. The van der Waals surface area contributed by atoms with Gasteiger partial charge in [-0.15, -0.1) is 0 Å². The van der Waals surface area contributed by atoms with Gasteiger partial charge in [-0.2, -0.15) is 10.2 Å². The summed E-state index contributed by atoms with van der Waals surface area (Å²) in [6, 6.07) is 9.93. The Kier molecular flexibility index (Phi) is 3.17. The van der Waals surface area contributed by atoms with E-state index in [-0.39, 0.29) is 6.42 Å². The molecular weight excluding hydrogens is 254 g/mol. The Labute approximate surface area is 115 Å². The predicted molar refractivity (Wildman–Crippen MR) is 71.8 cm³/mol. The molecule has 6 heteroatoms. The van der Waals surface area contributed by atoms with E-state index in [4.69, 9.17) is 9.78 Å². The standard InChI is InChI=1S/C14H13N5O/c1-2-14-17-12(18-20-14)9-19-11-6-4-3-5-10(11)16-13(19)7-8-15/h3-6H,2,7,9H2,1H3. The van der Waals surface area contributed by atoms with Crippen molar-refractivity contribution in [1.29, 1.82) is 5.26 Å². The van der Waals surface area contributed by atoms with Crippen LogP contribution in [0.3, 0.4) is 0 Å². The molecule has 2 heterocycles. The topological polar surface area (TPSA) is 80.5 Å². The molecule has 2 aromatic heterocycles. The Morgan fingerprint density at radius 1 is 1.30 bits per heavy atom. The number of nitriles is 1. The monoisotopic (exact) mass is 267 g/mol. The van der Waals surface area contributed by atoms with E-state index in [9.17, 15) is 0 Å². The van der Waals surface area contributed by atoms with Crippen molar-refractivity contribution in [2.24, 2.45) is 0 Å². The maximum Gasteiger partial charge on any atom is 0.226 e. The fourth-order valence-corrected chi connectivity index (χ4v) is 2.15. The van der Waals surface area contributed by atoms with E-state index in [1.165, 1.54) is 0 Å². The van der Waals surface area contributed by atoms with E-state index in [0.717, 1.165) is 16.9 Å². The average Bonchev–Trinajstić information content (AvgIpc) is 3.05. The minimum atomic E-state index is 0.257. The van der Waals surface area contributed by atoms with E-state index in [1.807, 2.05) is 35.8 Å². The Morgan fingerprint density at radius 2 is 2.15 bits per heavy atom. The molecule has 0 saturated heterocycles. The quantitative estimate of drug-likeness (QED) is 0.723. The summed E-state index contributed by atoms with van der Waals surface area (Å²) in [4.78, 5) is 8.78. The summed E-state index contributed by atoms with van der Waals surface area (Å²) in [5, 5.41) is 12.9. The smallest absolute Gasteiger partial charge is 0.226 e. The molecule has 100 valence electrons. The van der Waals surface area contributed by atoms with Gasteiger partial charge in [-0.25, -0.2) is 4.98 Å². The number of rotatable bonds is 4. The van der Waals surface area contributed by atoms with Crippen molar-refractivity contribution in [3.8, 4) is 6.07 Å². The molecule has 0 spiro atoms. The molecule has 0 N–H and O–H groups in total. The number of hydrogen-bond donors (Lipinski definition) is 0. The van der Waals surface area contributed by atoms with E-state index in [1.54, 1.807) is 0 Å². The van der Waals surface area contributed by atoms with Crippen LogP contribution in [-0.4, -0.2) is 19.7 Å². The minimum Gasteiger partial charge on any atom is -0.339 e. The third kappa shape index (κ3) is 2.14. The molecular formula is C14H13N5O. The third-order valence-corrected chi connectivity index (χ3v) is 3.08. The molecule has 20 heavy (non-hydrogen) atoms. The van der Waals surface area contributed by atoms with Gasteiger partial charge in [-0.3, -0.25) is 0 Å². The van der Waals surface area contributed by atoms with Gasteiger partial charge in [0, 0.05) is 6.42 Å². The number of benzene rings is 1. The van der Waals surface area contributed by atoms with Gasteiger partial charge in [0.1, 0.15) is 5.82 Å². The molecule has 3 rings (SSSR count). The molecule has 0 saturated carbocycles. The summed E-state index contributed by atoms with van der Waals surface area (Å²) in [6.45, 7) is 2.42. The maximum atomic E-state index is 8.92. The highest BCUT2D eigenvalue weighted by atomic mass is 16.5. The molecule has 0 atom stereocenters. The van der Waals surface area contributed by atoms with E-state index in [2.05, 4.69) is 21.2 Å². The number of aromatic nitrogens is 4. The van der Waals surface area contributed by atoms with Crippen molar-refractivity contribution in [3.05, 3.63) is 41.8 Å². The average molecular weight is 267 g/mol. The second-order valence-electron chi connectivity index (χ2n) is 4.40. The molecule has 0 bridgehead atoms. The molecule has 0 aliphatic rings. The van der Waals surface area contributed by atoms with Gasteiger partial charge in [0.15, 0.2) is 5.82 Å². The first-order valence-corrected chi connectivity index (χ1v) is 6.44. The molecule has 6 nitrogen and oxygen atoms in total. The molecule has 1 aromatic carbocycles. The second-order valence-corrected chi connectivity index (χ2v) is 4.40. The van der Waals surface area contributed by atoms with Gasteiger partial charge >= 0.3 is 0 Å². The Hall–Kier alpha value is -2.68. The molecule has 0 aliphatic heterocycles. The lowest BCUT2D eigenvalue weighted by atomic mass is 10.3. The summed E-state index contributed by atoms with van der Waals surface area (Å²) in [5.74, 6) is 1.94. The van der Waals surface area contributed by atoms with Crippen LogP contribution in [0.25, 0.3) is 11.0 Å². The number of imidazole rings is 1. The van der Waals surface area contributed by atoms with Gasteiger partial charge in [-0.1, -0.05) is 24.2 Å². The Balaban J connectivity index is 2.04. The SMILES string of the molecule is CCc1nc(Cn2c(CC#N)nc3ccccc32)no1. The number of fused-ring (bicyclic) bond motifs is 1. The van der Waals surface area contributed by atoms with Crippen molar-refractivity contribution in [2.45, 2.75) is 26.3 Å². The van der Waals surface area contributed by atoms with Crippen LogP contribution in [-0.2, 0) is 19.4 Å². The zero-order valence-corrected chi connectivity index (χ0v) is 11.1. The van der Waals surface area contributed by atoms with Crippen LogP contribution in [0.2, 0.25) is 0 Å². The number of para-hydroxylation sites is 2. The molecule has 0 unspecified atom stereocenters. The molecule has 0 fully saturated rings. The lowest BCUT2D eigenvalue weighted by Crippen LogP contribution is -2.06. The van der Waals surface area contributed by atoms with Gasteiger partial charge in [-0.05, 0) is 12.1 Å². The second kappa shape index (κ2) is 5.13. The lowest BCUT2D eigenvalue weighted by Gasteiger charge is -2.03. The molecule has 0 radical (unpaired) electrons. The normalized spacial score (nSPS) is 10.8. The van der Waals surface area contributed by atoms with Crippen LogP contribution in [0.15, 0.2) is 28.8 Å². The van der Waals surface area contributed by atoms with Gasteiger partial charge in [0.25, 0.3) is 0 Å². The minimum absolute atomic E-state index is 0.257. The number of hydrogen-bond acceptors (Lipinski definition) is 5. The van der Waals surface area contributed by atoms with E-state index in [0.29, 0.717) is 24.7 Å². The van der Waals surface area contributed by atoms with E-state index < -0.39 is 0 Å². The highest BCUT2D eigenvalue weighted by Crippen LogP contribution is 2.17. The van der Waals surface area contributed by atoms with Gasteiger partial charge in [0.2, 0.25) is 5.89 Å². The highest BCUT2D eigenvalue weighted by Gasteiger charge is 2.13. The fourth-order valence-electron chi connectivity index (χ4n) is 2.15. The highest BCUT2D eigenvalue weighted by molar-refractivity contribution is 5.76. The largest absolute Gasteiger partial charge is 0.339 e. The zero-order chi connectivity index (χ0) is 13.9. The van der Waals surface area contributed by atoms with Crippen molar-refractivity contribution in [2.75, 3.05) is 0 Å². The fraction of sp³-hybridized carbons (Fsp3) is 0.286. The summed E-state index contributed by atoms with van der Waals surface area (Å²) in [5.41, 5.74) is 1.84. The van der Waals surface area contributed by atoms with Crippen molar-refractivity contribution in [1.82, 2.24) is 19.7 Å². The van der Waals surface area contributed by atoms with Crippen LogP contribution < -0.4 is 0 Å². The summed E-state index contributed by atoms with van der Waals surface area (Å²) >= 11 is 0. The van der Waals surface area contributed by atoms with Crippen LogP contribution in [0, 0.1) is 11.3 Å². The van der Waals surface area contributed by atoms with Gasteiger partial charge in [0.05, 0.1) is 30.1 Å². The van der Waals surface area contributed by atoms with Crippen LogP contribution in [0.1, 0.15) is 24.5 Å². The van der Waals surface area contributed by atoms with Gasteiger partial charge < -0.3 is 9.09 Å². The first-order chi connectivity index (χ1) is 9.81. The Morgan fingerprint density at radius 3 is 2.90 bits per heavy atom. The maximum absolute atomic E-state index is 8.92. The van der Waals surface area contributed by atoms with Crippen LogP contribution >= 0.6 is 0 Å². The first kappa shape index (κ1) is 12.4. The molecule has 3 aromatic rings. The van der Waals surface area contributed by atoms with Crippen LogP contribution in [0.5, 0.6) is 0 Å². The number of aryl methyl sites for hydroxylation is 1. The summed E-state index contributed by atoms with van der Waals surface area (Å²) < 4.78 is 7.08. The summed E-state index contributed by atoms with van der Waals surface area (Å²) in [6.07, 6.45) is 0.968. The van der Waals surface area contributed by atoms with Crippen LogP contribution in [0.4, 0.5) is 0 Å². The lowest BCUT2D eigenvalue weighted by molar-refractivity contribution is 0.375. The first-order valence-electron chi connectivity index (χ1n) is 6.44. The molecule has 0 amide bonds. The molecule has 0 aliphatic carbocycles. The van der Waals surface area contributed by atoms with E-state index >= 15 is 0 Å². The Bertz CT molecular complexity index is 780. The van der Waals surface area contributed by atoms with Crippen molar-refractivity contribution >= 4 is 11.0 Å².